The Morgan fingerprint density at radius 2 is 1.82 bits per heavy atom. The van der Waals surface area contributed by atoms with Crippen molar-refractivity contribution in [1.82, 2.24) is 0 Å². The number of hydrogen-bond acceptors (Lipinski definition) is 2. The number of hydrogen-bond donors (Lipinski definition) is 1. The highest BCUT2D eigenvalue weighted by molar-refractivity contribution is 5.58. The summed E-state index contributed by atoms with van der Waals surface area (Å²) in [4.78, 5) is 1.63. The van der Waals surface area contributed by atoms with E-state index in [2.05, 4.69) is 0 Å². The third-order valence-electron chi connectivity index (χ3n) is 3.76. The van der Waals surface area contributed by atoms with Crippen LogP contribution in [-0.4, -0.2) is 20.6 Å². The average Bonchev–Trinajstić information content (AvgIpc) is 2.21. The minimum Gasteiger partial charge on any atom is -0.375 e. The molecule has 0 aliphatic heterocycles. The summed E-state index contributed by atoms with van der Waals surface area (Å²) < 4.78 is 27.9. The molecule has 17 heavy (non-hydrogen) atoms. The highest BCUT2D eigenvalue weighted by atomic mass is 19.1. The van der Waals surface area contributed by atoms with Gasteiger partial charge in [0, 0.05) is 31.6 Å². The van der Waals surface area contributed by atoms with Crippen LogP contribution in [0.3, 0.4) is 0 Å². The smallest absolute Gasteiger partial charge is 0.146 e. The number of anilines is 1. The molecule has 1 fully saturated rings. The molecule has 0 bridgehead atoms. The maximum Gasteiger partial charge on any atom is 0.146 e. The number of benzene rings is 1. The van der Waals surface area contributed by atoms with Crippen molar-refractivity contribution in [2.24, 2.45) is 5.73 Å². The summed E-state index contributed by atoms with van der Waals surface area (Å²) in [5, 5.41) is 0. The summed E-state index contributed by atoms with van der Waals surface area (Å²) in [7, 11) is 3.45. The minimum atomic E-state index is -0.383. The molecule has 0 unspecified atom stereocenters. The van der Waals surface area contributed by atoms with E-state index in [-0.39, 0.29) is 17.0 Å². The Hall–Kier alpha value is -1.16. The van der Waals surface area contributed by atoms with Crippen LogP contribution in [0.4, 0.5) is 14.5 Å². The standard InChI is InChI=1S/C13H18F2N2/c1-17(2)12-10(15)5-4-9(14)11(12)13(8-16)6-3-7-13/h4-5H,3,6-8,16H2,1-2H3. The molecule has 2 rings (SSSR count). The molecule has 1 aromatic rings. The second-order valence-corrected chi connectivity index (χ2v) is 4.99. The van der Waals surface area contributed by atoms with Gasteiger partial charge in [0.05, 0.1) is 5.69 Å². The molecule has 94 valence electrons. The van der Waals surface area contributed by atoms with Gasteiger partial charge in [-0.1, -0.05) is 6.42 Å². The van der Waals surface area contributed by atoms with Crippen molar-refractivity contribution in [2.45, 2.75) is 24.7 Å². The summed E-state index contributed by atoms with van der Waals surface area (Å²) >= 11 is 0. The molecule has 0 saturated heterocycles. The van der Waals surface area contributed by atoms with Crippen LogP contribution in [0.5, 0.6) is 0 Å². The Morgan fingerprint density at radius 3 is 2.24 bits per heavy atom. The monoisotopic (exact) mass is 240 g/mol. The molecule has 4 heteroatoms. The molecule has 0 radical (unpaired) electrons. The van der Waals surface area contributed by atoms with Gasteiger partial charge in [0.2, 0.25) is 0 Å². The number of rotatable bonds is 3. The van der Waals surface area contributed by atoms with Crippen LogP contribution in [0.2, 0.25) is 0 Å². The first-order valence-electron chi connectivity index (χ1n) is 5.88. The molecular weight excluding hydrogens is 222 g/mol. The lowest BCUT2D eigenvalue weighted by atomic mass is 9.63. The first-order chi connectivity index (χ1) is 8.02. The predicted octanol–water partition coefficient (Wildman–Crippen LogP) is 2.41. The molecule has 0 atom stereocenters. The lowest BCUT2D eigenvalue weighted by molar-refractivity contribution is 0.244. The predicted molar refractivity (Wildman–Crippen MR) is 65.3 cm³/mol. The SMILES string of the molecule is CN(C)c1c(F)ccc(F)c1C1(CN)CCC1. The van der Waals surface area contributed by atoms with Gasteiger partial charge in [-0.05, 0) is 25.0 Å². The molecule has 2 nitrogen and oxygen atoms in total. The van der Waals surface area contributed by atoms with E-state index in [1.807, 2.05) is 0 Å². The van der Waals surface area contributed by atoms with Gasteiger partial charge >= 0.3 is 0 Å². The zero-order chi connectivity index (χ0) is 12.6. The van der Waals surface area contributed by atoms with E-state index in [9.17, 15) is 8.78 Å². The van der Waals surface area contributed by atoms with E-state index < -0.39 is 0 Å². The van der Waals surface area contributed by atoms with E-state index in [1.165, 1.54) is 12.1 Å². The maximum absolute atomic E-state index is 14.0. The normalized spacial score (nSPS) is 17.7. The van der Waals surface area contributed by atoms with Gasteiger partial charge < -0.3 is 10.6 Å². The zero-order valence-corrected chi connectivity index (χ0v) is 10.3. The molecular formula is C13H18F2N2. The van der Waals surface area contributed by atoms with E-state index in [1.54, 1.807) is 19.0 Å². The average molecular weight is 240 g/mol. The second-order valence-electron chi connectivity index (χ2n) is 4.99. The molecule has 0 heterocycles. The largest absolute Gasteiger partial charge is 0.375 e. The Balaban J connectivity index is 2.62. The van der Waals surface area contributed by atoms with Gasteiger partial charge in [0.25, 0.3) is 0 Å². The van der Waals surface area contributed by atoms with Crippen LogP contribution < -0.4 is 10.6 Å². The zero-order valence-electron chi connectivity index (χ0n) is 10.3. The molecule has 1 aromatic carbocycles. The summed E-state index contributed by atoms with van der Waals surface area (Å²) in [5.74, 6) is -0.730. The van der Waals surface area contributed by atoms with Crippen molar-refractivity contribution in [2.75, 3.05) is 25.5 Å². The van der Waals surface area contributed by atoms with Gasteiger partial charge in [-0.3, -0.25) is 0 Å². The van der Waals surface area contributed by atoms with Gasteiger partial charge in [-0.2, -0.15) is 0 Å². The second kappa shape index (κ2) is 4.26. The summed E-state index contributed by atoms with van der Waals surface area (Å²) in [6.45, 7) is 0.369. The highest BCUT2D eigenvalue weighted by Crippen LogP contribution is 2.47. The number of nitrogens with two attached hydrogens (primary N) is 1. The fourth-order valence-electron chi connectivity index (χ4n) is 2.64. The Morgan fingerprint density at radius 1 is 1.24 bits per heavy atom. The van der Waals surface area contributed by atoms with E-state index in [0.717, 1.165) is 19.3 Å². The van der Waals surface area contributed by atoms with Crippen LogP contribution in [0.15, 0.2) is 12.1 Å². The Kier molecular flexibility index (Phi) is 3.08. The lowest BCUT2D eigenvalue weighted by Crippen LogP contribution is -2.43. The van der Waals surface area contributed by atoms with Crippen molar-refractivity contribution >= 4 is 5.69 Å². The Bertz CT molecular complexity index is 420. The Labute approximate surface area is 100 Å². The van der Waals surface area contributed by atoms with Crippen LogP contribution in [0.1, 0.15) is 24.8 Å². The van der Waals surface area contributed by atoms with E-state index in [4.69, 9.17) is 5.73 Å². The van der Waals surface area contributed by atoms with Crippen molar-refractivity contribution in [3.8, 4) is 0 Å². The van der Waals surface area contributed by atoms with Crippen molar-refractivity contribution < 1.29 is 8.78 Å². The fraction of sp³-hybridized carbons (Fsp3) is 0.538. The van der Waals surface area contributed by atoms with E-state index >= 15 is 0 Å². The molecule has 0 amide bonds. The summed E-state index contributed by atoms with van der Waals surface area (Å²) in [5.41, 5.74) is 6.21. The third-order valence-corrected chi connectivity index (χ3v) is 3.76. The highest BCUT2D eigenvalue weighted by Gasteiger charge is 2.42. The van der Waals surface area contributed by atoms with Gasteiger partial charge in [-0.15, -0.1) is 0 Å². The topological polar surface area (TPSA) is 29.3 Å². The van der Waals surface area contributed by atoms with Crippen molar-refractivity contribution in [3.63, 3.8) is 0 Å². The lowest BCUT2D eigenvalue weighted by Gasteiger charge is -2.43. The molecule has 0 spiro atoms. The van der Waals surface area contributed by atoms with Gasteiger partial charge in [0.1, 0.15) is 11.6 Å². The molecule has 2 N–H and O–H groups in total. The molecule has 1 aliphatic carbocycles. The van der Waals surface area contributed by atoms with Gasteiger partial charge in [0.15, 0.2) is 0 Å². The fourth-order valence-corrected chi connectivity index (χ4v) is 2.64. The first kappa shape index (κ1) is 12.3. The number of nitrogens with zero attached hydrogens (tertiary/aromatic N) is 1. The quantitative estimate of drug-likeness (QED) is 0.879. The third kappa shape index (κ3) is 1.80. The van der Waals surface area contributed by atoms with Crippen molar-refractivity contribution in [1.29, 1.82) is 0 Å². The summed E-state index contributed by atoms with van der Waals surface area (Å²) in [6.07, 6.45) is 2.70. The maximum atomic E-state index is 14.0. The minimum absolute atomic E-state index is 0.343. The van der Waals surface area contributed by atoms with Gasteiger partial charge in [-0.25, -0.2) is 8.78 Å². The van der Waals surface area contributed by atoms with Crippen LogP contribution in [0.25, 0.3) is 0 Å². The summed E-state index contributed by atoms with van der Waals surface area (Å²) in [6, 6.07) is 2.38. The van der Waals surface area contributed by atoms with Crippen LogP contribution in [-0.2, 0) is 5.41 Å². The number of halogens is 2. The molecule has 1 aliphatic rings. The first-order valence-corrected chi connectivity index (χ1v) is 5.88. The van der Waals surface area contributed by atoms with Crippen LogP contribution in [0, 0.1) is 11.6 Å². The van der Waals surface area contributed by atoms with E-state index in [0.29, 0.717) is 17.8 Å². The molecule has 0 aromatic heterocycles. The van der Waals surface area contributed by atoms with Crippen molar-refractivity contribution in [3.05, 3.63) is 29.3 Å². The molecule has 1 saturated carbocycles. The van der Waals surface area contributed by atoms with Crippen LogP contribution >= 0.6 is 0 Å².